The maximum absolute atomic E-state index is 12.5. The van der Waals surface area contributed by atoms with E-state index >= 15 is 0 Å². The van der Waals surface area contributed by atoms with Crippen LogP contribution in [-0.2, 0) is 9.59 Å². The molecule has 0 radical (unpaired) electrons. The first-order valence-corrected chi connectivity index (χ1v) is 7.09. The van der Waals surface area contributed by atoms with E-state index in [1.165, 1.54) is 0 Å². The lowest BCUT2D eigenvalue weighted by molar-refractivity contribution is -0.136. The van der Waals surface area contributed by atoms with Gasteiger partial charge in [-0.3, -0.25) is 9.59 Å². The maximum atomic E-state index is 12.5. The molecule has 0 aliphatic heterocycles. The van der Waals surface area contributed by atoms with Gasteiger partial charge in [0.2, 0.25) is 5.91 Å². The molecule has 110 valence electrons. The van der Waals surface area contributed by atoms with Gasteiger partial charge in [0.15, 0.2) is 0 Å². The quantitative estimate of drug-likeness (QED) is 0.832. The zero-order chi connectivity index (χ0) is 15.1. The summed E-state index contributed by atoms with van der Waals surface area (Å²) in [6, 6.07) is 7.61. The fraction of sp³-hybridized carbons (Fsp3) is 0.500. The minimum Gasteiger partial charge on any atom is -0.481 e. The number of hydrogen-bond donors (Lipinski definition) is 1. The molecule has 4 heteroatoms. The summed E-state index contributed by atoms with van der Waals surface area (Å²) in [5.41, 5.74) is 1.88. The van der Waals surface area contributed by atoms with E-state index in [0.29, 0.717) is 0 Å². The van der Waals surface area contributed by atoms with Crippen molar-refractivity contribution in [1.29, 1.82) is 0 Å². The van der Waals surface area contributed by atoms with Crippen LogP contribution in [0.2, 0.25) is 0 Å². The predicted octanol–water partition coefficient (Wildman–Crippen LogP) is 3.24. The average molecular weight is 277 g/mol. The lowest BCUT2D eigenvalue weighted by atomic mass is 10.0. The Morgan fingerprint density at radius 1 is 1.15 bits per heavy atom. The van der Waals surface area contributed by atoms with Gasteiger partial charge in [0.05, 0.1) is 6.42 Å². The van der Waals surface area contributed by atoms with Crippen molar-refractivity contribution in [1.82, 2.24) is 0 Å². The second-order valence-corrected chi connectivity index (χ2v) is 4.98. The van der Waals surface area contributed by atoms with E-state index in [9.17, 15) is 9.59 Å². The van der Waals surface area contributed by atoms with Gasteiger partial charge >= 0.3 is 5.97 Å². The van der Waals surface area contributed by atoms with Crippen LogP contribution in [0.5, 0.6) is 0 Å². The Morgan fingerprint density at radius 3 is 2.15 bits per heavy atom. The van der Waals surface area contributed by atoms with Crippen LogP contribution in [0.3, 0.4) is 0 Å². The highest BCUT2D eigenvalue weighted by Crippen LogP contribution is 2.21. The van der Waals surface area contributed by atoms with Crippen LogP contribution in [0, 0.1) is 12.8 Å². The van der Waals surface area contributed by atoms with Crippen LogP contribution < -0.4 is 4.90 Å². The van der Waals surface area contributed by atoms with Crippen molar-refractivity contribution in [2.75, 3.05) is 11.4 Å². The second kappa shape index (κ2) is 7.68. The van der Waals surface area contributed by atoms with Crippen LogP contribution in [0.1, 0.15) is 38.7 Å². The molecule has 0 saturated carbocycles. The van der Waals surface area contributed by atoms with E-state index in [1.807, 2.05) is 45.0 Å². The number of nitrogens with zero attached hydrogens (tertiary/aromatic N) is 1. The van der Waals surface area contributed by atoms with Crippen molar-refractivity contribution in [3.63, 3.8) is 0 Å². The number of anilines is 1. The maximum Gasteiger partial charge on any atom is 0.305 e. The standard InChI is InChI=1S/C16H23NO3/c1-4-13(5-2)16(20)17(11-10-15(18)19)14-8-6-12(3)7-9-14/h6-9,13H,4-5,10-11H2,1-3H3,(H,18,19). The zero-order valence-corrected chi connectivity index (χ0v) is 12.4. The molecule has 20 heavy (non-hydrogen) atoms. The average Bonchev–Trinajstić information content (AvgIpc) is 2.42. The van der Waals surface area contributed by atoms with Crippen molar-refractivity contribution in [2.45, 2.75) is 40.0 Å². The fourth-order valence-electron chi connectivity index (χ4n) is 2.16. The fourth-order valence-corrected chi connectivity index (χ4v) is 2.16. The molecular weight excluding hydrogens is 254 g/mol. The predicted molar refractivity (Wildman–Crippen MR) is 79.9 cm³/mol. The molecule has 1 aromatic rings. The van der Waals surface area contributed by atoms with Crippen molar-refractivity contribution in [2.24, 2.45) is 5.92 Å². The molecule has 0 atom stereocenters. The van der Waals surface area contributed by atoms with E-state index in [1.54, 1.807) is 4.90 Å². The van der Waals surface area contributed by atoms with Crippen molar-refractivity contribution in [3.8, 4) is 0 Å². The number of aryl methyl sites for hydroxylation is 1. The number of carbonyl (C=O) groups is 2. The number of carbonyl (C=O) groups excluding carboxylic acids is 1. The molecule has 1 amide bonds. The first-order chi connectivity index (χ1) is 9.49. The van der Waals surface area contributed by atoms with Gasteiger partial charge in [0.1, 0.15) is 0 Å². The minimum absolute atomic E-state index is 0.0140. The molecule has 0 unspecified atom stereocenters. The molecule has 0 spiro atoms. The molecule has 0 heterocycles. The second-order valence-electron chi connectivity index (χ2n) is 4.98. The third kappa shape index (κ3) is 4.37. The molecule has 1 rings (SSSR count). The molecule has 0 aromatic heterocycles. The Hall–Kier alpha value is -1.84. The Morgan fingerprint density at radius 2 is 1.70 bits per heavy atom. The van der Waals surface area contributed by atoms with Crippen LogP contribution in [-0.4, -0.2) is 23.5 Å². The SMILES string of the molecule is CCC(CC)C(=O)N(CCC(=O)O)c1ccc(C)cc1. The summed E-state index contributed by atoms with van der Waals surface area (Å²) in [5, 5.41) is 8.85. The number of benzene rings is 1. The van der Waals surface area contributed by atoms with E-state index < -0.39 is 5.97 Å². The number of rotatable bonds is 7. The smallest absolute Gasteiger partial charge is 0.305 e. The largest absolute Gasteiger partial charge is 0.481 e. The highest BCUT2D eigenvalue weighted by Gasteiger charge is 2.23. The number of carboxylic acid groups (broad SMARTS) is 1. The van der Waals surface area contributed by atoms with E-state index in [4.69, 9.17) is 5.11 Å². The Bertz CT molecular complexity index is 449. The van der Waals surface area contributed by atoms with Crippen LogP contribution in [0.4, 0.5) is 5.69 Å². The molecule has 4 nitrogen and oxygen atoms in total. The van der Waals surface area contributed by atoms with Gasteiger partial charge in [0, 0.05) is 18.2 Å². The number of carboxylic acids is 1. The van der Waals surface area contributed by atoms with Crippen molar-refractivity contribution < 1.29 is 14.7 Å². The lowest BCUT2D eigenvalue weighted by Crippen LogP contribution is -2.37. The molecule has 0 saturated heterocycles. The first kappa shape index (κ1) is 16.2. The Labute approximate surface area is 120 Å². The van der Waals surface area contributed by atoms with Gasteiger partial charge in [-0.05, 0) is 31.9 Å². The molecule has 0 fully saturated rings. The minimum atomic E-state index is -0.889. The number of hydrogen-bond acceptors (Lipinski definition) is 2. The molecule has 0 bridgehead atoms. The highest BCUT2D eigenvalue weighted by molar-refractivity contribution is 5.95. The van der Waals surface area contributed by atoms with Gasteiger partial charge in [-0.25, -0.2) is 0 Å². The van der Waals surface area contributed by atoms with Crippen LogP contribution in [0.15, 0.2) is 24.3 Å². The molecule has 0 aliphatic carbocycles. The topological polar surface area (TPSA) is 57.6 Å². The molecule has 0 aliphatic rings. The molecule has 1 aromatic carbocycles. The normalized spacial score (nSPS) is 10.6. The summed E-state index contributed by atoms with van der Waals surface area (Å²) in [6.45, 7) is 6.16. The highest BCUT2D eigenvalue weighted by atomic mass is 16.4. The van der Waals surface area contributed by atoms with Gasteiger partial charge in [-0.1, -0.05) is 31.5 Å². The zero-order valence-electron chi connectivity index (χ0n) is 12.4. The molecular formula is C16H23NO3. The third-order valence-corrected chi connectivity index (χ3v) is 3.50. The van der Waals surface area contributed by atoms with Crippen LogP contribution >= 0.6 is 0 Å². The van der Waals surface area contributed by atoms with Crippen molar-refractivity contribution >= 4 is 17.6 Å². The summed E-state index contributed by atoms with van der Waals surface area (Å²) in [6.07, 6.45) is 1.50. The lowest BCUT2D eigenvalue weighted by Gasteiger charge is -2.26. The summed E-state index contributed by atoms with van der Waals surface area (Å²) in [4.78, 5) is 24.9. The van der Waals surface area contributed by atoms with Gasteiger partial charge < -0.3 is 10.0 Å². The number of amides is 1. The Balaban J connectivity index is 2.97. The summed E-state index contributed by atoms with van der Waals surface area (Å²) < 4.78 is 0. The monoisotopic (exact) mass is 277 g/mol. The van der Waals surface area contributed by atoms with Gasteiger partial charge in [-0.15, -0.1) is 0 Å². The van der Waals surface area contributed by atoms with E-state index in [2.05, 4.69) is 0 Å². The third-order valence-electron chi connectivity index (χ3n) is 3.50. The summed E-state index contributed by atoms with van der Waals surface area (Å²) in [5.74, 6) is -0.926. The van der Waals surface area contributed by atoms with E-state index in [-0.39, 0.29) is 24.8 Å². The van der Waals surface area contributed by atoms with Gasteiger partial charge in [-0.2, -0.15) is 0 Å². The summed E-state index contributed by atoms with van der Waals surface area (Å²) >= 11 is 0. The van der Waals surface area contributed by atoms with Gasteiger partial charge in [0.25, 0.3) is 0 Å². The molecule has 1 N–H and O–H groups in total. The van der Waals surface area contributed by atoms with E-state index in [0.717, 1.165) is 24.1 Å². The van der Waals surface area contributed by atoms with Crippen LogP contribution in [0.25, 0.3) is 0 Å². The summed E-state index contributed by atoms with van der Waals surface area (Å²) in [7, 11) is 0. The number of aliphatic carboxylic acids is 1. The first-order valence-electron chi connectivity index (χ1n) is 7.09. The van der Waals surface area contributed by atoms with Crippen molar-refractivity contribution in [3.05, 3.63) is 29.8 Å². The Kier molecular flexibility index (Phi) is 6.22.